The largest absolute Gasteiger partial charge is 0.335 e. The van der Waals surface area contributed by atoms with Gasteiger partial charge in [-0.2, -0.15) is 0 Å². The van der Waals surface area contributed by atoms with Crippen molar-refractivity contribution in [2.45, 2.75) is 20.4 Å². The van der Waals surface area contributed by atoms with Crippen molar-refractivity contribution < 1.29 is 4.79 Å². The van der Waals surface area contributed by atoms with Crippen molar-refractivity contribution in [3.8, 4) is 0 Å². The summed E-state index contributed by atoms with van der Waals surface area (Å²) in [6.07, 6.45) is 0. The van der Waals surface area contributed by atoms with Crippen LogP contribution in [0.1, 0.15) is 26.1 Å². The molecule has 1 saturated heterocycles. The topological polar surface area (TPSA) is 49.3 Å². The van der Waals surface area contributed by atoms with Gasteiger partial charge >= 0.3 is 0 Å². The Morgan fingerprint density at radius 1 is 1.24 bits per heavy atom. The van der Waals surface area contributed by atoms with Gasteiger partial charge in [-0.05, 0) is 13.8 Å². The fourth-order valence-corrected chi connectivity index (χ4v) is 3.84. The van der Waals surface area contributed by atoms with E-state index in [2.05, 4.69) is 20.2 Å². The van der Waals surface area contributed by atoms with Crippen LogP contribution < -0.4 is 0 Å². The van der Waals surface area contributed by atoms with Crippen LogP contribution >= 0.6 is 22.7 Å². The molecule has 0 aromatic carbocycles. The first-order valence-electron chi connectivity index (χ1n) is 6.96. The highest BCUT2D eigenvalue weighted by molar-refractivity contribution is 7.11. The predicted octanol–water partition coefficient (Wildman–Crippen LogP) is 2.17. The van der Waals surface area contributed by atoms with Crippen molar-refractivity contribution in [3.05, 3.63) is 32.2 Å². The van der Waals surface area contributed by atoms with E-state index in [1.165, 1.54) is 11.3 Å². The van der Waals surface area contributed by atoms with Crippen LogP contribution in [-0.4, -0.2) is 51.9 Å². The smallest absolute Gasteiger partial charge is 0.265 e. The fraction of sp³-hybridized carbons (Fsp3) is 0.500. The molecule has 112 valence electrons. The van der Waals surface area contributed by atoms with Gasteiger partial charge in [-0.3, -0.25) is 9.69 Å². The lowest BCUT2D eigenvalue weighted by Crippen LogP contribution is -2.48. The minimum atomic E-state index is 0.124. The van der Waals surface area contributed by atoms with Gasteiger partial charge in [0.1, 0.15) is 4.88 Å². The molecule has 3 heterocycles. The number of nitrogens with zero attached hydrogens (tertiary/aromatic N) is 4. The van der Waals surface area contributed by atoms with E-state index in [1.54, 1.807) is 16.8 Å². The minimum Gasteiger partial charge on any atom is -0.335 e. The maximum absolute atomic E-state index is 12.4. The Balaban J connectivity index is 1.55. The highest BCUT2D eigenvalue weighted by atomic mass is 32.1. The maximum Gasteiger partial charge on any atom is 0.265 e. The second-order valence-corrected chi connectivity index (χ2v) is 7.11. The summed E-state index contributed by atoms with van der Waals surface area (Å²) >= 11 is 3.12. The molecule has 0 aliphatic carbocycles. The molecule has 0 saturated carbocycles. The van der Waals surface area contributed by atoms with E-state index in [0.29, 0.717) is 0 Å². The molecular formula is C14H18N4OS2. The van der Waals surface area contributed by atoms with E-state index in [9.17, 15) is 4.79 Å². The van der Waals surface area contributed by atoms with Gasteiger partial charge in [0.25, 0.3) is 5.91 Å². The first-order chi connectivity index (χ1) is 10.1. The highest BCUT2D eigenvalue weighted by Gasteiger charge is 2.24. The second-order valence-electron chi connectivity index (χ2n) is 5.19. The minimum absolute atomic E-state index is 0.124. The first kappa shape index (κ1) is 14.6. The van der Waals surface area contributed by atoms with Crippen LogP contribution in [0.2, 0.25) is 0 Å². The van der Waals surface area contributed by atoms with Crippen LogP contribution in [0.25, 0.3) is 0 Å². The molecule has 1 aliphatic rings. The van der Waals surface area contributed by atoms with Gasteiger partial charge in [0, 0.05) is 38.1 Å². The summed E-state index contributed by atoms with van der Waals surface area (Å²) in [5.41, 5.74) is 3.71. The summed E-state index contributed by atoms with van der Waals surface area (Å²) in [5, 5.41) is 3.23. The molecule has 0 spiro atoms. The quantitative estimate of drug-likeness (QED) is 0.869. The molecule has 0 bridgehead atoms. The molecule has 1 aliphatic heterocycles. The molecule has 1 amide bonds. The number of hydrogen-bond acceptors (Lipinski definition) is 6. The molecule has 2 aromatic heterocycles. The van der Waals surface area contributed by atoms with Crippen molar-refractivity contribution in [2.75, 3.05) is 26.2 Å². The average molecular weight is 322 g/mol. The molecule has 21 heavy (non-hydrogen) atoms. The van der Waals surface area contributed by atoms with Gasteiger partial charge in [-0.15, -0.1) is 22.7 Å². The van der Waals surface area contributed by atoms with Crippen molar-refractivity contribution in [1.29, 1.82) is 0 Å². The summed E-state index contributed by atoms with van der Waals surface area (Å²) in [6.45, 7) is 8.16. The van der Waals surface area contributed by atoms with E-state index in [4.69, 9.17) is 0 Å². The summed E-state index contributed by atoms with van der Waals surface area (Å²) in [5.74, 6) is 0.124. The van der Waals surface area contributed by atoms with E-state index in [0.717, 1.165) is 54.0 Å². The number of piperazine rings is 1. The molecule has 0 N–H and O–H groups in total. The van der Waals surface area contributed by atoms with Gasteiger partial charge in [0.15, 0.2) is 0 Å². The molecule has 0 unspecified atom stereocenters. The molecule has 0 atom stereocenters. The number of aryl methyl sites for hydroxylation is 2. The second kappa shape index (κ2) is 6.21. The maximum atomic E-state index is 12.4. The number of thiazole rings is 2. The monoisotopic (exact) mass is 322 g/mol. The zero-order valence-corrected chi connectivity index (χ0v) is 13.8. The summed E-state index contributed by atoms with van der Waals surface area (Å²) < 4.78 is 0. The molecule has 0 radical (unpaired) electrons. The average Bonchev–Trinajstić information content (AvgIpc) is 3.08. The zero-order chi connectivity index (χ0) is 14.8. The summed E-state index contributed by atoms with van der Waals surface area (Å²) in [7, 11) is 0. The Kier molecular flexibility index (Phi) is 4.32. The zero-order valence-electron chi connectivity index (χ0n) is 12.2. The van der Waals surface area contributed by atoms with Crippen LogP contribution in [0.5, 0.6) is 0 Å². The van der Waals surface area contributed by atoms with E-state index < -0.39 is 0 Å². The van der Waals surface area contributed by atoms with Crippen molar-refractivity contribution in [1.82, 2.24) is 19.8 Å². The third kappa shape index (κ3) is 3.30. The Hall–Kier alpha value is -1.31. The lowest BCUT2D eigenvalue weighted by molar-refractivity contribution is 0.0631. The van der Waals surface area contributed by atoms with Crippen LogP contribution in [0.3, 0.4) is 0 Å². The van der Waals surface area contributed by atoms with Crippen LogP contribution in [0.4, 0.5) is 0 Å². The van der Waals surface area contributed by atoms with Crippen LogP contribution in [0, 0.1) is 13.8 Å². The van der Waals surface area contributed by atoms with Gasteiger partial charge in [0.2, 0.25) is 0 Å². The highest BCUT2D eigenvalue weighted by Crippen LogP contribution is 2.17. The van der Waals surface area contributed by atoms with Gasteiger partial charge in [-0.25, -0.2) is 9.97 Å². The fourth-order valence-electron chi connectivity index (χ4n) is 2.47. The van der Waals surface area contributed by atoms with Gasteiger partial charge in [0.05, 0.1) is 21.9 Å². The first-order valence-corrected chi connectivity index (χ1v) is 8.72. The molecule has 7 heteroatoms. The Morgan fingerprint density at radius 3 is 2.57 bits per heavy atom. The number of rotatable bonds is 3. The standard InChI is InChI=1S/C14H18N4OS2/c1-10-13(21-9-15-10)14(19)18-5-3-17(4-6-18)7-12-8-20-11(2)16-12/h8-9H,3-7H2,1-2H3. The van der Waals surface area contributed by atoms with Crippen LogP contribution in [0.15, 0.2) is 10.9 Å². The Labute approximate surface area is 132 Å². The number of carbonyl (C=O) groups is 1. The van der Waals surface area contributed by atoms with Gasteiger partial charge < -0.3 is 4.90 Å². The summed E-state index contributed by atoms with van der Waals surface area (Å²) in [6, 6.07) is 0. The van der Waals surface area contributed by atoms with E-state index in [1.807, 2.05) is 18.7 Å². The van der Waals surface area contributed by atoms with E-state index in [-0.39, 0.29) is 5.91 Å². The molecule has 2 aromatic rings. The Morgan fingerprint density at radius 2 is 2.00 bits per heavy atom. The lowest BCUT2D eigenvalue weighted by atomic mass is 10.2. The molecule has 3 rings (SSSR count). The van der Waals surface area contributed by atoms with E-state index >= 15 is 0 Å². The van der Waals surface area contributed by atoms with Crippen molar-refractivity contribution in [3.63, 3.8) is 0 Å². The Bertz CT molecular complexity index is 628. The lowest BCUT2D eigenvalue weighted by Gasteiger charge is -2.34. The number of carbonyl (C=O) groups excluding carboxylic acids is 1. The van der Waals surface area contributed by atoms with Crippen LogP contribution in [-0.2, 0) is 6.54 Å². The molecule has 5 nitrogen and oxygen atoms in total. The number of aromatic nitrogens is 2. The van der Waals surface area contributed by atoms with Crippen molar-refractivity contribution >= 4 is 28.6 Å². The SMILES string of the molecule is Cc1nc(CN2CCN(C(=O)c3scnc3C)CC2)cs1. The van der Waals surface area contributed by atoms with Gasteiger partial charge in [-0.1, -0.05) is 0 Å². The molecular weight excluding hydrogens is 304 g/mol. The van der Waals surface area contributed by atoms with Crippen molar-refractivity contribution in [2.24, 2.45) is 0 Å². The third-order valence-corrected chi connectivity index (χ3v) is 5.39. The summed E-state index contributed by atoms with van der Waals surface area (Å²) in [4.78, 5) is 26.1. The normalized spacial score (nSPS) is 16.4. The molecule has 1 fully saturated rings. The number of amides is 1. The predicted molar refractivity (Wildman–Crippen MR) is 84.9 cm³/mol. The third-order valence-electron chi connectivity index (χ3n) is 3.65. The number of hydrogen-bond donors (Lipinski definition) is 0.